The minimum absolute atomic E-state index is 0.0156. The van der Waals surface area contributed by atoms with Gasteiger partial charge in [0.25, 0.3) is 0 Å². The van der Waals surface area contributed by atoms with Crippen LogP contribution in [-0.4, -0.2) is 25.8 Å². The first-order valence-corrected chi connectivity index (χ1v) is 4.47. The highest BCUT2D eigenvalue weighted by Gasteiger charge is 2.18. The predicted molar refractivity (Wildman–Crippen MR) is 53.4 cm³/mol. The molecule has 2 rings (SSSR count). The van der Waals surface area contributed by atoms with Crippen molar-refractivity contribution in [3.05, 3.63) is 36.0 Å². The molecule has 0 aromatic carbocycles. The van der Waals surface area contributed by atoms with Crippen molar-refractivity contribution < 1.29 is 14.3 Å². The van der Waals surface area contributed by atoms with Gasteiger partial charge in [0, 0.05) is 19.3 Å². The SMILES string of the molecule is Cn1ncc(-c2cc(F)ccn2)c1C(=O)O. The molecule has 0 aliphatic heterocycles. The Morgan fingerprint density at radius 3 is 2.94 bits per heavy atom. The van der Waals surface area contributed by atoms with Crippen LogP contribution in [0.5, 0.6) is 0 Å². The maximum atomic E-state index is 13.0. The van der Waals surface area contributed by atoms with Crippen molar-refractivity contribution in [3.8, 4) is 11.3 Å². The number of hydrogen-bond acceptors (Lipinski definition) is 3. The predicted octanol–water partition coefficient (Wildman–Crippen LogP) is 1.32. The molecule has 2 heterocycles. The van der Waals surface area contributed by atoms with E-state index in [0.29, 0.717) is 5.56 Å². The van der Waals surface area contributed by atoms with Crippen LogP contribution in [0.4, 0.5) is 4.39 Å². The summed E-state index contributed by atoms with van der Waals surface area (Å²) in [7, 11) is 1.51. The van der Waals surface area contributed by atoms with E-state index in [-0.39, 0.29) is 11.4 Å². The lowest BCUT2D eigenvalue weighted by Gasteiger charge is -2.00. The van der Waals surface area contributed by atoms with Gasteiger partial charge in [0.1, 0.15) is 5.82 Å². The number of rotatable bonds is 2. The van der Waals surface area contributed by atoms with E-state index in [9.17, 15) is 9.18 Å². The zero-order valence-electron chi connectivity index (χ0n) is 8.38. The van der Waals surface area contributed by atoms with Crippen molar-refractivity contribution in [2.75, 3.05) is 0 Å². The maximum absolute atomic E-state index is 13.0. The molecule has 16 heavy (non-hydrogen) atoms. The van der Waals surface area contributed by atoms with E-state index in [1.165, 1.54) is 36.3 Å². The van der Waals surface area contributed by atoms with Crippen LogP contribution < -0.4 is 0 Å². The van der Waals surface area contributed by atoms with E-state index in [0.717, 1.165) is 0 Å². The number of carboxylic acid groups (broad SMARTS) is 1. The number of aryl methyl sites for hydroxylation is 1. The van der Waals surface area contributed by atoms with Crippen LogP contribution in [0.3, 0.4) is 0 Å². The molecular weight excluding hydrogens is 213 g/mol. The highest BCUT2D eigenvalue weighted by molar-refractivity contribution is 5.93. The lowest BCUT2D eigenvalue weighted by molar-refractivity contribution is 0.0686. The summed E-state index contributed by atoms with van der Waals surface area (Å²) < 4.78 is 14.2. The normalized spacial score (nSPS) is 10.4. The summed E-state index contributed by atoms with van der Waals surface area (Å²) in [5.41, 5.74) is 0.540. The van der Waals surface area contributed by atoms with Gasteiger partial charge in [-0.1, -0.05) is 0 Å². The van der Waals surface area contributed by atoms with Crippen LogP contribution >= 0.6 is 0 Å². The second kappa shape index (κ2) is 3.73. The van der Waals surface area contributed by atoms with Crippen molar-refractivity contribution >= 4 is 5.97 Å². The summed E-state index contributed by atoms with van der Waals surface area (Å²) in [5.74, 6) is -1.59. The van der Waals surface area contributed by atoms with E-state index in [4.69, 9.17) is 5.11 Å². The summed E-state index contributed by atoms with van der Waals surface area (Å²) in [5, 5.41) is 12.8. The molecule has 0 amide bonds. The van der Waals surface area contributed by atoms with Gasteiger partial charge >= 0.3 is 5.97 Å². The highest BCUT2D eigenvalue weighted by atomic mass is 19.1. The minimum Gasteiger partial charge on any atom is -0.477 e. The number of pyridine rings is 1. The smallest absolute Gasteiger partial charge is 0.354 e. The summed E-state index contributed by atoms with van der Waals surface area (Å²) in [6.45, 7) is 0. The average molecular weight is 221 g/mol. The van der Waals surface area contributed by atoms with Crippen molar-refractivity contribution in [3.63, 3.8) is 0 Å². The third kappa shape index (κ3) is 1.65. The third-order valence-corrected chi connectivity index (χ3v) is 2.14. The largest absolute Gasteiger partial charge is 0.477 e. The van der Waals surface area contributed by atoms with E-state index in [1.54, 1.807) is 0 Å². The molecule has 0 saturated carbocycles. The Hall–Kier alpha value is -2.24. The summed E-state index contributed by atoms with van der Waals surface area (Å²) >= 11 is 0. The number of carbonyl (C=O) groups is 1. The maximum Gasteiger partial charge on any atom is 0.354 e. The van der Waals surface area contributed by atoms with Crippen LogP contribution in [0.25, 0.3) is 11.3 Å². The molecule has 0 aliphatic rings. The molecule has 6 heteroatoms. The summed E-state index contributed by atoms with van der Waals surface area (Å²) in [4.78, 5) is 14.9. The molecule has 0 saturated heterocycles. The number of aromatic nitrogens is 3. The minimum atomic E-state index is -1.12. The quantitative estimate of drug-likeness (QED) is 0.830. The Kier molecular flexibility index (Phi) is 2.40. The Morgan fingerprint density at radius 1 is 1.56 bits per heavy atom. The fraction of sp³-hybridized carbons (Fsp3) is 0.100. The van der Waals surface area contributed by atoms with E-state index in [2.05, 4.69) is 10.1 Å². The Bertz CT molecular complexity index is 551. The molecule has 0 bridgehead atoms. The van der Waals surface area contributed by atoms with Gasteiger partial charge in [0.05, 0.1) is 17.5 Å². The average Bonchev–Trinajstić information content (AvgIpc) is 2.60. The lowest BCUT2D eigenvalue weighted by atomic mass is 10.1. The van der Waals surface area contributed by atoms with Crippen molar-refractivity contribution in [2.45, 2.75) is 0 Å². The van der Waals surface area contributed by atoms with Gasteiger partial charge in [-0.3, -0.25) is 9.67 Å². The van der Waals surface area contributed by atoms with Gasteiger partial charge in [-0.05, 0) is 6.07 Å². The van der Waals surface area contributed by atoms with Crippen molar-refractivity contribution in [1.29, 1.82) is 0 Å². The molecule has 2 aromatic rings. The fourth-order valence-corrected chi connectivity index (χ4v) is 1.43. The van der Waals surface area contributed by atoms with Gasteiger partial charge in [0.2, 0.25) is 0 Å². The number of nitrogens with zero attached hydrogens (tertiary/aromatic N) is 3. The van der Waals surface area contributed by atoms with Crippen LogP contribution in [0.15, 0.2) is 24.5 Å². The zero-order chi connectivity index (χ0) is 11.7. The van der Waals surface area contributed by atoms with E-state index < -0.39 is 11.8 Å². The Morgan fingerprint density at radius 2 is 2.31 bits per heavy atom. The second-order valence-electron chi connectivity index (χ2n) is 3.19. The van der Waals surface area contributed by atoms with Gasteiger partial charge in [0.15, 0.2) is 5.69 Å². The fourth-order valence-electron chi connectivity index (χ4n) is 1.43. The Balaban J connectivity index is 2.60. The molecule has 0 atom stereocenters. The van der Waals surface area contributed by atoms with Gasteiger partial charge in [-0.2, -0.15) is 5.10 Å². The van der Waals surface area contributed by atoms with Crippen molar-refractivity contribution in [1.82, 2.24) is 14.8 Å². The third-order valence-electron chi connectivity index (χ3n) is 2.14. The molecule has 0 fully saturated rings. The van der Waals surface area contributed by atoms with Gasteiger partial charge < -0.3 is 5.11 Å². The van der Waals surface area contributed by atoms with Crippen LogP contribution in [0.1, 0.15) is 10.5 Å². The highest BCUT2D eigenvalue weighted by Crippen LogP contribution is 2.21. The van der Waals surface area contributed by atoms with E-state index >= 15 is 0 Å². The number of halogens is 1. The van der Waals surface area contributed by atoms with Crippen molar-refractivity contribution in [2.24, 2.45) is 7.05 Å². The molecule has 0 spiro atoms. The molecule has 0 unspecified atom stereocenters. The van der Waals surface area contributed by atoms with Crippen LogP contribution in [0, 0.1) is 5.82 Å². The van der Waals surface area contributed by atoms with Crippen LogP contribution in [0.2, 0.25) is 0 Å². The molecule has 0 radical (unpaired) electrons. The number of hydrogen-bond donors (Lipinski definition) is 1. The number of carboxylic acids is 1. The summed E-state index contributed by atoms with van der Waals surface area (Å²) in [6, 6.07) is 2.36. The first-order valence-electron chi connectivity index (χ1n) is 4.47. The topological polar surface area (TPSA) is 68.0 Å². The molecular formula is C10H8FN3O2. The molecule has 0 aliphatic carbocycles. The first kappa shape index (κ1) is 10.3. The standard InChI is InChI=1S/C10H8FN3O2/c1-14-9(10(15)16)7(5-13-14)8-4-6(11)2-3-12-8/h2-5H,1H3,(H,15,16). The Labute approximate surface area is 90.2 Å². The lowest BCUT2D eigenvalue weighted by Crippen LogP contribution is -2.07. The second-order valence-corrected chi connectivity index (χ2v) is 3.19. The zero-order valence-corrected chi connectivity index (χ0v) is 8.38. The van der Waals surface area contributed by atoms with E-state index in [1.807, 2.05) is 0 Å². The summed E-state index contributed by atoms with van der Waals surface area (Å²) in [6.07, 6.45) is 2.63. The van der Waals surface area contributed by atoms with Gasteiger partial charge in [-0.15, -0.1) is 0 Å². The van der Waals surface area contributed by atoms with Gasteiger partial charge in [-0.25, -0.2) is 9.18 Å². The molecule has 2 aromatic heterocycles. The van der Waals surface area contributed by atoms with Crippen LogP contribution in [-0.2, 0) is 7.05 Å². The first-order chi connectivity index (χ1) is 7.59. The molecule has 5 nitrogen and oxygen atoms in total. The number of aromatic carboxylic acids is 1. The monoisotopic (exact) mass is 221 g/mol. The molecule has 82 valence electrons. The molecule has 1 N–H and O–H groups in total.